The normalized spacial score (nSPS) is 16.5. The molecular weight excluding hydrogens is 410 g/mol. The first-order valence-electron chi connectivity index (χ1n) is 11.7. The van der Waals surface area contributed by atoms with Gasteiger partial charge in [-0.1, -0.05) is 60.7 Å². The van der Waals surface area contributed by atoms with E-state index in [1.807, 2.05) is 59.3 Å². The molecule has 33 heavy (non-hydrogen) atoms. The third-order valence-electron chi connectivity index (χ3n) is 6.35. The first kappa shape index (κ1) is 22.7. The number of aryl methyl sites for hydroxylation is 1. The van der Waals surface area contributed by atoms with Gasteiger partial charge in [-0.15, -0.1) is 0 Å². The molecule has 0 N–H and O–H groups in total. The molecule has 5 nitrogen and oxygen atoms in total. The lowest BCUT2D eigenvalue weighted by Gasteiger charge is -2.24. The van der Waals surface area contributed by atoms with Gasteiger partial charge in [0.2, 0.25) is 11.8 Å². The molecule has 1 fully saturated rings. The number of carbonyl (C=O) groups is 2. The van der Waals surface area contributed by atoms with E-state index < -0.39 is 0 Å². The number of rotatable bonds is 7. The minimum absolute atomic E-state index is 0.124. The molecule has 0 radical (unpaired) electrons. The molecule has 0 saturated carbocycles. The summed E-state index contributed by atoms with van der Waals surface area (Å²) in [5.74, 6) is 0.0265. The van der Waals surface area contributed by atoms with E-state index in [0.717, 1.165) is 28.7 Å². The Kier molecular flexibility index (Phi) is 7.51. The highest BCUT2D eigenvalue weighted by Gasteiger charge is 2.31. The zero-order valence-electron chi connectivity index (χ0n) is 19.2. The van der Waals surface area contributed by atoms with Gasteiger partial charge in [0.25, 0.3) is 0 Å². The third-order valence-corrected chi connectivity index (χ3v) is 6.35. The summed E-state index contributed by atoms with van der Waals surface area (Å²) in [4.78, 5) is 34.3. The van der Waals surface area contributed by atoms with Crippen LogP contribution in [0.1, 0.15) is 24.5 Å². The minimum Gasteiger partial charge on any atom is -0.341 e. The van der Waals surface area contributed by atoms with Crippen LogP contribution in [-0.4, -0.2) is 52.8 Å². The summed E-state index contributed by atoms with van der Waals surface area (Å²) in [6, 6.07) is 22.3. The molecule has 170 valence electrons. The predicted molar refractivity (Wildman–Crippen MR) is 130 cm³/mol. The fourth-order valence-electron chi connectivity index (χ4n) is 4.49. The van der Waals surface area contributed by atoms with Gasteiger partial charge in [0.15, 0.2) is 0 Å². The molecule has 1 unspecified atom stereocenters. The Hall–Kier alpha value is -3.47. The van der Waals surface area contributed by atoms with Crippen LogP contribution < -0.4 is 0 Å². The van der Waals surface area contributed by atoms with Crippen molar-refractivity contribution >= 4 is 11.8 Å². The maximum absolute atomic E-state index is 13.3. The summed E-state index contributed by atoms with van der Waals surface area (Å²) >= 11 is 0. The lowest BCUT2D eigenvalue weighted by atomic mass is 9.95. The van der Waals surface area contributed by atoms with Crippen LogP contribution >= 0.6 is 0 Å². The van der Waals surface area contributed by atoms with Gasteiger partial charge in [-0.2, -0.15) is 0 Å². The summed E-state index contributed by atoms with van der Waals surface area (Å²) in [6.45, 7) is 4.33. The van der Waals surface area contributed by atoms with Crippen molar-refractivity contribution in [2.45, 2.75) is 26.2 Å². The van der Waals surface area contributed by atoms with E-state index in [0.29, 0.717) is 39.0 Å². The van der Waals surface area contributed by atoms with E-state index in [9.17, 15) is 9.59 Å². The number of amides is 2. The van der Waals surface area contributed by atoms with Gasteiger partial charge in [0.05, 0.1) is 5.92 Å². The fourth-order valence-corrected chi connectivity index (χ4v) is 4.49. The van der Waals surface area contributed by atoms with Gasteiger partial charge in [-0.25, -0.2) is 0 Å². The van der Waals surface area contributed by atoms with E-state index in [1.165, 1.54) is 0 Å². The highest BCUT2D eigenvalue weighted by molar-refractivity contribution is 5.82. The van der Waals surface area contributed by atoms with Crippen LogP contribution in [0.5, 0.6) is 0 Å². The van der Waals surface area contributed by atoms with Gasteiger partial charge >= 0.3 is 0 Å². The molecule has 4 rings (SSSR count). The second kappa shape index (κ2) is 10.9. The minimum atomic E-state index is -0.239. The largest absolute Gasteiger partial charge is 0.341 e. The van der Waals surface area contributed by atoms with Crippen molar-refractivity contribution in [2.24, 2.45) is 5.92 Å². The molecule has 0 aliphatic carbocycles. The van der Waals surface area contributed by atoms with Gasteiger partial charge in [-0.3, -0.25) is 14.6 Å². The molecule has 1 saturated heterocycles. The van der Waals surface area contributed by atoms with E-state index >= 15 is 0 Å². The standard InChI is InChI=1S/C28H31N3O2/c1-2-30-16-17-31(27(32)14-13-22-8-4-3-5-9-22)21-26(28(30)33)19-23-10-6-11-24(18-23)25-12-7-15-29-20-25/h3-12,15,18,20,26H,2,13-14,16-17,19,21H2,1H3. The maximum atomic E-state index is 13.3. The number of nitrogens with zero attached hydrogens (tertiary/aromatic N) is 3. The monoisotopic (exact) mass is 441 g/mol. The van der Waals surface area contributed by atoms with Crippen LogP contribution in [0.4, 0.5) is 0 Å². The Balaban J connectivity index is 1.48. The zero-order valence-corrected chi connectivity index (χ0v) is 19.2. The summed E-state index contributed by atoms with van der Waals surface area (Å²) in [5.41, 5.74) is 4.41. The van der Waals surface area contributed by atoms with Crippen LogP contribution in [0.15, 0.2) is 79.1 Å². The van der Waals surface area contributed by atoms with E-state index in [1.54, 1.807) is 6.20 Å². The number of aromatic nitrogens is 1. The highest BCUT2D eigenvalue weighted by Crippen LogP contribution is 2.23. The molecule has 0 bridgehead atoms. The van der Waals surface area contributed by atoms with Crippen LogP contribution in [0.3, 0.4) is 0 Å². The molecule has 5 heteroatoms. The summed E-state index contributed by atoms with van der Waals surface area (Å²) in [7, 11) is 0. The number of likely N-dealkylation sites (N-methyl/N-ethyl adjacent to an activating group) is 1. The Bertz CT molecular complexity index is 1070. The van der Waals surface area contributed by atoms with Crippen molar-refractivity contribution in [3.05, 3.63) is 90.3 Å². The Morgan fingerprint density at radius 3 is 2.52 bits per heavy atom. The lowest BCUT2D eigenvalue weighted by molar-refractivity contribution is -0.134. The van der Waals surface area contributed by atoms with Crippen molar-refractivity contribution in [2.75, 3.05) is 26.2 Å². The summed E-state index contributed by atoms with van der Waals surface area (Å²) < 4.78 is 0. The van der Waals surface area contributed by atoms with Crippen molar-refractivity contribution in [1.29, 1.82) is 0 Å². The topological polar surface area (TPSA) is 53.5 Å². The SMILES string of the molecule is CCN1CCN(C(=O)CCc2ccccc2)CC(Cc2cccc(-c3cccnc3)c2)C1=O. The molecule has 3 aromatic rings. The van der Waals surface area contributed by atoms with Crippen LogP contribution in [0.25, 0.3) is 11.1 Å². The number of hydrogen-bond donors (Lipinski definition) is 0. The summed E-state index contributed by atoms with van der Waals surface area (Å²) in [5, 5.41) is 0. The van der Waals surface area contributed by atoms with Gasteiger partial charge in [-0.05, 0) is 48.1 Å². The van der Waals surface area contributed by atoms with E-state index in [2.05, 4.69) is 35.3 Å². The third kappa shape index (κ3) is 5.86. The quantitative estimate of drug-likeness (QED) is 0.551. The van der Waals surface area contributed by atoms with Gasteiger partial charge < -0.3 is 9.80 Å². The molecule has 0 spiro atoms. The molecule has 1 atom stereocenters. The molecule has 1 aliphatic rings. The van der Waals surface area contributed by atoms with Gasteiger partial charge in [0, 0.05) is 45.0 Å². The van der Waals surface area contributed by atoms with Crippen molar-refractivity contribution in [3.63, 3.8) is 0 Å². The predicted octanol–water partition coefficient (Wildman–Crippen LogP) is 4.23. The number of pyridine rings is 1. The van der Waals surface area contributed by atoms with Crippen molar-refractivity contribution < 1.29 is 9.59 Å². The molecule has 2 aromatic carbocycles. The second-order valence-corrected chi connectivity index (χ2v) is 8.59. The summed E-state index contributed by atoms with van der Waals surface area (Å²) in [6.07, 6.45) is 5.42. The maximum Gasteiger partial charge on any atom is 0.227 e. The molecule has 2 heterocycles. The molecule has 1 aliphatic heterocycles. The lowest BCUT2D eigenvalue weighted by Crippen LogP contribution is -2.38. The molecule has 2 amide bonds. The second-order valence-electron chi connectivity index (χ2n) is 8.59. The number of carbonyl (C=O) groups excluding carboxylic acids is 2. The fraction of sp³-hybridized carbons (Fsp3) is 0.321. The Morgan fingerprint density at radius 1 is 0.970 bits per heavy atom. The molecular formula is C28H31N3O2. The number of hydrogen-bond acceptors (Lipinski definition) is 3. The smallest absolute Gasteiger partial charge is 0.227 e. The highest BCUT2D eigenvalue weighted by atomic mass is 16.2. The van der Waals surface area contributed by atoms with Crippen LogP contribution in [-0.2, 0) is 22.4 Å². The zero-order chi connectivity index (χ0) is 23.0. The Morgan fingerprint density at radius 2 is 1.76 bits per heavy atom. The van der Waals surface area contributed by atoms with Gasteiger partial charge in [0.1, 0.15) is 0 Å². The van der Waals surface area contributed by atoms with Crippen LogP contribution in [0.2, 0.25) is 0 Å². The van der Waals surface area contributed by atoms with E-state index in [-0.39, 0.29) is 17.7 Å². The molecule has 1 aromatic heterocycles. The first-order chi connectivity index (χ1) is 16.1. The average Bonchev–Trinajstić information content (AvgIpc) is 3.02. The van der Waals surface area contributed by atoms with Crippen molar-refractivity contribution in [1.82, 2.24) is 14.8 Å². The Labute approximate surface area is 196 Å². The van der Waals surface area contributed by atoms with Crippen molar-refractivity contribution in [3.8, 4) is 11.1 Å². The average molecular weight is 442 g/mol. The first-order valence-corrected chi connectivity index (χ1v) is 11.7. The van der Waals surface area contributed by atoms with E-state index in [4.69, 9.17) is 0 Å². The van der Waals surface area contributed by atoms with Crippen LogP contribution in [0, 0.1) is 5.92 Å². The number of benzene rings is 2.